The zero-order valence-corrected chi connectivity index (χ0v) is 12.7. The average molecular weight is 285 g/mol. The van der Waals surface area contributed by atoms with Gasteiger partial charge in [-0.05, 0) is 24.5 Å². The maximum Gasteiger partial charge on any atom is 0.124 e. The predicted octanol–water partition coefficient (Wildman–Crippen LogP) is 2.17. The molecule has 0 atom stereocenters. The Morgan fingerprint density at radius 2 is 2.05 bits per heavy atom. The Bertz CT molecular complexity index is 361. The summed E-state index contributed by atoms with van der Waals surface area (Å²) < 4.78 is 16.1. The summed E-state index contributed by atoms with van der Waals surface area (Å²) in [6.07, 6.45) is 2.07. The van der Waals surface area contributed by atoms with Gasteiger partial charge in [0.15, 0.2) is 0 Å². The minimum atomic E-state index is 0.701. The van der Waals surface area contributed by atoms with Crippen LogP contribution in [0.1, 0.15) is 5.56 Å². The summed E-state index contributed by atoms with van der Waals surface area (Å²) in [6, 6.07) is 5.90. The Balaban J connectivity index is 2.60. The molecule has 0 aliphatic rings. The number of hydrogen-bond donors (Lipinski definition) is 1. The highest BCUT2D eigenvalue weighted by Crippen LogP contribution is 2.24. The molecule has 0 radical (unpaired) electrons. The fourth-order valence-electron chi connectivity index (χ4n) is 1.59. The summed E-state index contributed by atoms with van der Waals surface area (Å²) in [5.41, 5.74) is 1.11. The van der Waals surface area contributed by atoms with Gasteiger partial charge in [-0.15, -0.1) is 0 Å². The molecule has 0 aliphatic carbocycles. The number of hydrogen-bond acceptors (Lipinski definition) is 5. The van der Waals surface area contributed by atoms with Crippen molar-refractivity contribution in [3.05, 3.63) is 23.8 Å². The van der Waals surface area contributed by atoms with Gasteiger partial charge in [0.25, 0.3) is 0 Å². The van der Waals surface area contributed by atoms with E-state index in [1.54, 1.807) is 26.0 Å². The molecular formula is C14H23NO3S. The Kier molecular flexibility index (Phi) is 8.45. The van der Waals surface area contributed by atoms with E-state index in [2.05, 4.69) is 11.6 Å². The normalized spacial score (nSPS) is 10.5. The van der Waals surface area contributed by atoms with Crippen LogP contribution in [-0.4, -0.2) is 46.0 Å². The zero-order valence-electron chi connectivity index (χ0n) is 11.9. The minimum absolute atomic E-state index is 0.701. The number of ether oxygens (including phenoxy) is 3. The molecule has 19 heavy (non-hydrogen) atoms. The molecule has 0 saturated carbocycles. The lowest BCUT2D eigenvalue weighted by Crippen LogP contribution is -2.19. The van der Waals surface area contributed by atoms with Gasteiger partial charge in [-0.3, -0.25) is 0 Å². The second kappa shape index (κ2) is 9.95. The predicted molar refractivity (Wildman–Crippen MR) is 80.5 cm³/mol. The maximum absolute atomic E-state index is 5.79. The summed E-state index contributed by atoms with van der Waals surface area (Å²) in [6.45, 7) is 2.98. The highest BCUT2D eigenvalue weighted by molar-refractivity contribution is 7.98. The average Bonchev–Trinajstić information content (AvgIpc) is 2.45. The summed E-state index contributed by atoms with van der Waals surface area (Å²) >= 11 is 1.78. The number of methoxy groups -OCH3 is 2. The maximum atomic E-state index is 5.79. The lowest BCUT2D eigenvalue weighted by Gasteiger charge is -2.13. The lowest BCUT2D eigenvalue weighted by atomic mass is 10.2. The van der Waals surface area contributed by atoms with Crippen molar-refractivity contribution in [1.82, 2.24) is 5.32 Å². The molecule has 0 bridgehead atoms. The minimum Gasteiger partial charge on any atom is -0.497 e. The van der Waals surface area contributed by atoms with Gasteiger partial charge in [-0.2, -0.15) is 11.8 Å². The zero-order chi connectivity index (χ0) is 13.9. The summed E-state index contributed by atoms with van der Waals surface area (Å²) in [5, 5.41) is 3.32. The first-order chi connectivity index (χ1) is 9.31. The lowest BCUT2D eigenvalue weighted by molar-refractivity contribution is 0.199. The Labute approximate surface area is 119 Å². The van der Waals surface area contributed by atoms with E-state index >= 15 is 0 Å². The third-order valence-corrected chi connectivity index (χ3v) is 3.19. The van der Waals surface area contributed by atoms with Crippen molar-refractivity contribution in [2.75, 3.05) is 46.0 Å². The highest BCUT2D eigenvalue weighted by Gasteiger charge is 2.05. The van der Waals surface area contributed by atoms with Gasteiger partial charge in [-0.25, -0.2) is 0 Å². The van der Waals surface area contributed by atoms with Crippen LogP contribution in [0, 0.1) is 0 Å². The van der Waals surface area contributed by atoms with Crippen LogP contribution in [0.15, 0.2) is 18.2 Å². The first-order valence-electron chi connectivity index (χ1n) is 6.30. The van der Waals surface area contributed by atoms with Crippen molar-refractivity contribution in [3.63, 3.8) is 0 Å². The molecule has 0 heterocycles. The van der Waals surface area contributed by atoms with E-state index in [4.69, 9.17) is 14.2 Å². The number of thioether (sulfide) groups is 1. The molecule has 0 aromatic heterocycles. The Hall–Kier alpha value is -0.910. The van der Waals surface area contributed by atoms with Gasteiger partial charge >= 0.3 is 0 Å². The second-order valence-corrected chi connectivity index (χ2v) is 4.97. The van der Waals surface area contributed by atoms with Crippen LogP contribution in [0.25, 0.3) is 0 Å². The van der Waals surface area contributed by atoms with E-state index in [1.807, 2.05) is 18.2 Å². The fourth-order valence-corrected chi connectivity index (χ4v) is 1.84. The number of rotatable bonds is 10. The van der Waals surface area contributed by atoms with E-state index in [-0.39, 0.29) is 0 Å². The summed E-state index contributed by atoms with van der Waals surface area (Å²) in [4.78, 5) is 0. The van der Waals surface area contributed by atoms with Crippen molar-refractivity contribution in [2.24, 2.45) is 0 Å². The van der Waals surface area contributed by atoms with Gasteiger partial charge in [-0.1, -0.05) is 0 Å². The molecular weight excluding hydrogens is 262 g/mol. The van der Waals surface area contributed by atoms with Crippen LogP contribution < -0.4 is 14.8 Å². The van der Waals surface area contributed by atoms with Crippen LogP contribution in [0.2, 0.25) is 0 Å². The molecule has 0 amide bonds. The first-order valence-corrected chi connectivity index (χ1v) is 7.69. The Morgan fingerprint density at radius 3 is 2.74 bits per heavy atom. The second-order valence-electron chi connectivity index (χ2n) is 3.98. The van der Waals surface area contributed by atoms with E-state index in [0.29, 0.717) is 6.61 Å². The fraction of sp³-hybridized carbons (Fsp3) is 0.571. The van der Waals surface area contributed by atoms with Crippen molar-refractivity contribution in [1.29, 1.82) is 0 Å². The molecule has 0 unspecified atom stereocenters. The topological polar surface area (TPSA) is 39.7 Å². The van der Waals surface area contributed by atoms with Crippen LogP contribution in [-0.2, 0) is 11.3 Å². The standard InChI is InChI=1S/C14H23NO3S/c1-16-7-6-15-11-12-10-13(17-2)4-5-14(12)18-8-9-19-3/h4-5,10,15H,6-9,11H2,1-3H3. The third-order valence-electron chi connectivity index (χ3n) is 2.61. The smallest absolute Gasteiger partial charge is 0.124 e. The van der Waals surface area contributed by atoms with Gasteiger partial charge in [0.2, 0.25) is 0 Å². The monoisotopic (exact) mass is 285 g/mol. The van der Waals surface area contributed by atoms with Crippen LogP contribution in [0.5, 0.6) is 11.5 Å². The SMILES string of the molecule is COCCNCc1cc(OC)ccc1OCCSC. The van der Waals surface area contributed by atoms with Gasteiger partial charge in [0.05, 0.1) is 20.3 Å². The molecule has 0 aliphatic heterocycles. The Morgan fingerprint density at radius 1 is 1.21 bits per heavy atom. The highest BCUT2D eigenvalue weighted by atomic mass is 32.2. The molecule has 4 nitrogen and oxygen atoms in total. The quantitative estimate of drug-likeness (QED) is 0.667. The molecule has 1 aromatic carbocycles. The summed E-state index contributed by atoms with van der Waals surface area (Å²) in [5.74, 6) is 2.75. The van der Waals surface area contributed by atoms with E-state index in [1.165, 1.54) is 0 Å². The van der Waals surface area contributed by atoms with Crippen LogP contribution in [0.3, 0.4) is 0 Å². The van der Waals surface area contributed by atoms with Crippen molar-refractivity contribution in [3.8, 4) is 11.5 Å². The van der Waals surface area contributed by atoms with Crippen molar-refractivity contribution in [2.45, 2.75) is 6.54 Å². The van der Waals surface area contributed by atoms with E-state index in [0.717, 1.165) is 42.5 Å². The molecule has 0 saturated heterocycles. The number of nitrogens with one attached hydrogen (secondary N) is 1. The van der Waals surface area contributed by atoms with Gasteiger partial charge < -0.3 is 19.5 Å². The summed E-state index contributed by atoms with van der Waals surface area (Å²) in [7, 11) is 3.37. The number of benzene rings is 1. The van der Waals surface area contributed by atoms with E-state index < -0.39 is 0 Å². The van der Waals surface area contributed by atoms with E-state index in [9.17, 15) is 0 Å². The largest absolute Gasteiger partial charge is 0.497 e. The van der Waals surface area contributed by atoms with Crippen molar-refractivity contribution < 1.29 is 14.2 Å². The van der Waals surface area contributed by atoms with Crippen LogP contribution >= 0.6 is 11.8 Å². The molecule has 1 N–H and O–H groups in total. The van der Waals surface area contributed by atoms with Gasteiger partial charge in [0, 0.05) is 31.5 Å². The van der Waals surface area contributed by atoms with Crippen LogP contribution in [0.4, 0.5) is 0 Å². The molecule has 0 fully saturated rings. The molecule has 1 rings (SSSR count). The molecule has 108 valence electrons. The molecule has 1 aromatic rings. The molecule has 5 heteroatoms. The van der Waals surface area contributed by atoms with Gasteiger partial charge in [0.1, 0.15) is 11.5 Å². The first kappa shape index (κ1) is 16.1. The third kappa shape index (κ3) is 6.18. The molecule has 0 spiro atoms. The van der Waals surface area contributed by atoms with Crippen molar-refractivity contribution >= 4 is 11.8 Å².